The number of nitrogens with zero attached hydrogens (tertiary/aromatic N) is 1. The van der Waals surface area contributed by atoms with E-state index >= 15 is 0 Å². The molecule has 0 atom stereocenters. The molecular formula is C24H27NO4S. The molecule has 3 rings (SSSR count). The van der Waals surface area contributed by atoms with Crippen LogP contribution in [0.5, 0.6) is 5.75 Å². The van der Waals surface area contributed by atoms with E-state index in [-0.39, 0.29) is 12.4 Å². The maximum Gasteiger partial charge on any atom is 0.338 e. The molecule has 0 spiro atoms. The molecule has 0 fully saturated rings. The first-order valence-electron chi connectivity index (χ1n) is 9.79. The summed E-state index contributed by atoms with van der Waals surface area (Å²) in [5.74, 6) is 0.110. The molecule has 0 aliphatic rings. The van der Waals surface area contributed by atoms with Crippen LogP contribution in [0.2, 0.25) is 0 Å². The number of Topliss-reactive ketones (excluding diaryl/α,β-unsaturated/α-hetero) is 1. The van der Waals surface area contributed by atoms with Crippen LogP contribution in [0, 0.1) is 10.8 Å². The second-order valence-corrected chi connectivity index (χ2v) is 9.97. The zero-order valence-electron chi connectivity index (χ0n) is 18.2. The van der Waals surface area contributed by atoms with Gasteiger partial charge in [0.1, 0.15) is 23.1 Å². The summed E-state index contributed by atoms with van der Waals surface area (Å²) < 4.78 is 12.1. The van der Waals surface area contributed by atoms with Gasteiger partial charge in [0.25, 0.3) is 0 Å². The van der Waals surface area contributed by atoms with E-state index in [1.54, 1.807) is 44.4 Å². The Hall–Kier alpha value is -2.73. The fraction of sp³-hybridized carbons (Fsp3) is 0.375. The fourth-order valence-electron chi connectivity index (χ4n) is 3.39. The third kappa shape index (κ3) is 4.54. The van der Waals surface area contributed by atoms with Gasteiger partial charge in [0.15, 0.2) is 0 Å². The van der Waals surface area contributed by atoms with Crippen LogP contribution in [-0.2, 0) is 9.53 Å². The number of para-hydroxylation sites is 1. The van der Waals surface area contributed by atoms with Gasteiger partial charge in [0.05, 0.1) is 33.9 Å². The summed E-state index contributed by atoms with van der Waals surface area (Å²) in [6.45, 7) is 9.21. The smallest absolute Gasteiger partial charge is 0.338 e. The van der Waals surface area contributed by atoms with Gasteiger partial charge in [-0.2, -0.15) is 0 Å². The van der Waals surface area contributed by atoms with E-state index in [1.165, 1.54) is 0 Å². The van der Waals surface area contributed by atoms with E-state index in [0.717, 1.165) is 20.8 Å². The van der Waals surface area contributed by atoms with Crippen LogP contribution in [0.15, 0.2) is 42.5 Å². The largest absolute Gasteiger partial charge is 0.496 e. The van der Waals surface area contributed by atoms with Crippen molar-refractivity contribution < 1.29 is 19.1 Å². The van der Waals surface area contributed by atoms with Gasteiger partial charge in [0.2, 0.25) is 0 Å². The summed E-state index contributed by atoms with van der Waals surface area (Å²) in [4.78, 5) is 29.9. The van der Waals surface area contributed by atoms with Crippen LogP contribution in [0.4, 0.5) is 0 Å². The monoisotopic (exact) mass is 425 g/mol. The third-order valence-corrected chi connectivity index (χ3v) is 5.89. The Labute approximate surface area is 181 Å². The van der Waals surface area contributed by atoms with Gasteiger partial charge in [-0.25, -0.2) is 9.78 Å². The van der Waals surface area contributed by atoms with Gasteiger partial charge < -0.3 is 9.47 Å². The number of hydrogen-bond acceptors (Lipinski definition) is 6. The number of fused-ring (bicyclic) bond motifs is 1. The van der Waals surface area contributed by atoms with Gasteiger partial charge in [-0.3, -0.25) is 4.79 Å². The lowest BCUT2D eigenvalue weighted by atomic mass is 9.75. The molecule has 0 bridgehead atoms. The first kappa shape index (κ1) is 22.0. The molecule has 0 unspecified atom stereocenters. The van der Waals surface area contributed by atoms with Gasteiger partial charge in [0, 0.05) is 5.41 Å². The van der Waals surface area contributed by atoms with Crippen LogP contribution in [0.1, 0.15) is 45.0 Å². The number of ketones is 1. The van der Waals surface area contributed by atoms with E-state index in [0.29, 0.717) is 11.3 Å². The molecule has 2 aromatic carbocycles. The number of rotatable bonds is 6. The molecule has 6 heteroatoms. The summed E-state index contributed by atoms with van der Waals surface area (Å²) in [5, 5.41) is 0.824. The molecule has 0 aliphatic carbocycles. The minimum Gasteiger partial charge on any atom is -0.496 e. The zero-order valence-corrected chi connectivity index (χ0v) is 19.1. The average Bonchev–Trinajstić information content (AvgIpc) is 3.14. The predicted molar refractivity (Wildman–Crippen MR) is 120 cm³/mol. The minimum absolute atomic E-state index is 0.0177. The van der Waals surface area contributed by atoms with Crippen molar-refractivity contribution in [1.82, 2.24) is 4.98 Å². The highest BCUT2D eigenvalue weighted by atomic mass is 32.1. The highest BCUT2D eigenvalue weighted by Crippen LogP contribution is 2.36. The molecule has 5 nitrogen and oxygen atoms in total. The zero-order chi connectivity index (χ0) is 22.1. The summed E-state index contributed by atoms with van der Waals surface area (Å²) in [6, 6.07) is 13.1. The number of esters is 1. The Kier molecular flexibility index (Phi) is 5.99. The number of aromatic nitrogens is 1. The van der Waals surface area contributed by atoms with Gasteiger partial charge in [-0.15, -0.1) is 11.3 Å². The van der Waals surface area contributed by atoms with Crippen molar-refractivity contribution in [2.45, 2.75) is 34.6 Å². The number of carbonyl (C=O) groups excluding carboxylic acids is 2. The fourth-order valence-corrected chi connectivity index (χ4v) is 4.39. The van der Waals surface area contributed by atoms with Crippen LogP contribution in [-0.4, -0.2) is 30.5 Å². The van der Waals surface area contributed by atoms with Crippen LogP contribution in [0.3, 0.4) is 0 Å². The van der Waals surface area contributed by atoms with Crippen molar-refractivity contribution in [2.75, 3.05) is 13.7 Å². The van der Waals surface area contributed by atoms with Crippen molar-refractivity contribution >= 4 is 33.3 Å². The molecule has 0 amide bonds. The quantitative estimate of drug-likeness (QED) is 0.469. The lowest BCUT2D eigenvalue weighted by Gasteiger charge is -2.30. The van der Waals surface area contributed by atoms with Crippen LogP contribution >= 0.6 is 11.3 Å². The van der Waals surface area contributed by atoms with Gasteiger partial charge in [-0.05, 0) is 44.2 Å². The van der Waals surface area contributed by atoms with Crippen molar-refractivity contribution in [2.24, 2.45) is 10.8 Å². The SMILES string of the molecule is COc1cc(C(=O)OCC(C)(C)C(=O)C(C)(C)C)ccc1-c1nc2ccccc2s1. The van der Waals surface area contributed by atoms with Crippen LogP contribution < -0.4 is 4.74 Å². The summed E-state index contributed by atoms with van der Waals surface area (Å²) in [5.41, 5.74) is 0.847. The Morgan fingerprint density at radius 2 is 1.73 bits per heavy atom. The lowest BCUT2D eigenvalue weighted by molar-refractivity contribution is -0.137. The number of carbonyl (C=O) groups is 2. The average molecular weight is 426 g/mol. The molecule has 30 heavy (non-hydrogen) atoms. The molecule has 1 heterocycles. The Morgan fingerprint density at radius 3 is 2.37 bits per heavy atom. The van der Waals surface area contributed by atoms with Crippen molar-refractivity contribution in [3.63, 3.8) is 0 Å². The molecule has 0 aliphatic heterocycles. The van der Waals surface area contributed by atoms with E-state index in [2.05, 4.69) is 4.98 Å². The number of thiazole rings is 1. The van der Waals surface area contributed by atoms with E-state index < -0.39 is 16.8 Å². The standard InChI is InChI=1S/C24H27NO4S/c1-23(2,3)22(27)24(4,5)14-29-21(26)15-11-12-16(18(13-15)28-6)20-25-17-9-7-8-10-19(17)30-20/h7-13H,14H2,1-6H3. The Morgan fingerprint density at radius 1 is 1.03 bits per heavy atom. The maximum absolute atomic E-state index is 12.6. The number of ether oxygens (including phenoxy) is 2. The topological polar surface area (TPSA) is 65.5 Å². The molecule has 0 saturated heterocycles. The van der Waals surface area contributed by atoms with Gasteiger partial charge >= 0.3 is 5.97 Å². The number of hydrogen-bond donors (Lipinski definition) is 0. The summed E-state index contributed by atoms with van der Waals surface area (Å²) in [6.07, 6.45) is 0. The first-order chi connectivity index (χ1) is 14.0. The molecular weight excluding hydrogens is 398 g/mol. The van der Waals surface area contributed by atoms with E-state index in [4.69, 9.17) is 9.47 Å². The molecule has 3 aromatic rings. The third-order valence-electron chi connectivity index (χ3n) is 4.82. The molecule has 1 aromatic heterocycles. The Bertz CT molecular complexity index is 1060. The number of benzene rings is 2. The van der Waals surface area contributed by atoms with E-state index in [1.807, 2.05) is 51.1 Å². The van der Waals surface area contributed by atoms with Gasteiger partial charge in [-0.1, -0.05) is 32.9 Å². The number of methoxy groups -OCH3 is 1. The first-order valence-corrected chi connectivity index (χ1v) is 10.6. The normalized spacial score (nSPS) is 12.1. The highest BCUT2D eigenvalue weighted by molar-refractivity contribution is 7.21. The molecule has 0 N–H and O–H groups in total. The Balaban J connectivity index is 1.80. The second-order valence-electron chi connectivity index (χ2n) is 8.94. The molecule has 158 valence electrons. The summed E-state index contributed by atoms with van der Waals surface area (Å²) >= 11 is 1.57. The minimum atomic E-state index is -0.765. The van der Waals surface area contributed by atoms with E-state index in [9.17, 15) is 9.59 Å². The lowest BCUT2D eigenvalue weighted by Crippen LogP contribution is -2.38. The second kappa shape index (κ2) is 8.19. The molecule has 0 saturated carbocycles. The maximum atomic E-state index is 12.6. The van der Waals surface area contributed by atoms with Crippen molar-refractivity contribution in [3.05, 3.63) is 48.0 Å². The van der Waals surface area contributed by atoms with Crippen molar-refractivity contribution in [3.8, 4) is 16.3 Å². The molecule has 0 radical (unpaired) electrons. The predicted octanol–water partition coefficient (Wildman–Crippen LogP) is 5.77. The highest BCUT2D eigenvalue weighted by Gasteiger charge is 2.37. The van der Waals surface area contributed by atoms with Crippen molar-refractivity contribution in [1.29, 1.82) is 0 Å². The summed E-state index contributed by atoms with van der Waals surface area (Å²) in [7, 11) is 1.56. The van der Waals surface area contributed by atoms with Crippen LogP contribution in [0.25, 0.3) is 20.8 Å².